The number of hydrogen-bond donors (Lipinski definition) is 0. The van der Waals surface area contributed by atoms with Crippen molar-refractivity contribution in [3.05, 3.63) is 34.9 Å². The van der Waals surface area contributed by atoms with Crippen LogP contribution in [0.15, 0.2) is 24.3 Å². The summed E-state index contributed by atoms with van der Waals surface area (Å²) < 4.78 is 0. The highest BCUT2D eigenvalue weighted by atomic mass is 35.5. The lowest BCUT2D eigenvalue weighted by atomic mass is 9.79. The van der Waals surface area contributed by atoms with Crippen LogP contribution >= 0.6 is 11.6 Å². The Kier molecular flexibility index (Phi) is 4.86. The normalized spacial score (nSPS) is 12.1. The van der Waals surface area contributed by atoms with Crippen molar-refractivity contribution in [1.29, 1.82) is 0 Å². The fourth-order valence-electron chi connectivity index (χ4n) is 2.00. The first-order valence-corrected chi connectivity index (χ1v) is 6.55. The monoisotopic (exact) mass is 238 g/mol. The SMILES string of the molecule is CC(C)CCCC(C)(C)c1ccc(Cl)cc1. The number of hydrogen-bond acceptors (Lipinski definition) is 0. The molecule has 0 aliphatic rings. The third kappa shape index (κ3) is 4.17. The van der Waals surface area contributed by atoms with Crippen molar-refractivity contribution in [2.45, 2.75) is 52.4 Å². The number of halogens is 1. The van der Waals surface area contributed by atoms with Crippen molar-refractivity contribution in [3.63, 3.8) is 0 Å². The van der Waals surface area contributed by atoms with Gasteiger partial charge in [0.25, 0.3) is 0 Å². The summed E-state index contributed by atoms with van der Waals surface area (Å²) in [4.78, 5) is 0. The molecule has 0 spiro atoms. The first-order valence-electron chi connectivity index (χ1n) is 6.18. The molecule has 0 atom stereocenters. The van der Waals surface area contributed by atoms with Crippen LogP contribution in [-0.4, -0.2) is 0 Å². The van der Waals surface area contributed by atoms with Crippen molar-refractivity contribution >= 4 is 11.6 Å². The zero-order chi connectivity index (χ0) is 12.2. The first kappa shape index (κ1) is 13.6. The first-order chi connectivity index (χ1) is 7.42. The molecule has 0 fully saturated rings. The standard InChI is InChI=1S/C15H23Cl/c1-12(2)6-5-11-15(3,4)13-7-9-14(16)10-8-13/h7-10,12H,5-6,11H2,1-4H3. The van der Waals surface area contributed by atoms with Crippen LogP contribution in [0.3, 0.4) is 0 Å². The van der Waals surface area contributed by atoms with E-state index in [0.717, 1.165) is 10.9 Å². The van der Waals surface area contributed by atoms with E-state index in [1.54, 1.807) is 0 Å². The fourth-order valence-corrected chi connectivity index (χ4v) is 2.12. The molecule has 0 radical (unpaired) electrons. The molecule has 0 saturated carbocycles. The van der Waals surface area contributed by atoms with E-state index in [-0.39, 0.29) is 5.41 Å². The molecular formula is C15H23Cl. The maximum atomic E-state index is 5.91. The summed E-state index contributed by atoms with van der Waals surface area (Å²) in [5.74, 6) is 0.806. The van der Waals surface area contributed by atoms with Gasteiger partial charge in [0.1, 0.15) is 0 Å². The summed E-state index contributed by atoms with van der Waals surface area (Å²) in [7, 11) is 0. The molecule has 1 rings (SSSR count). The van der Waals surface area contributed by atoms with E-state index in [9.17, 15) is 0 Å². The van der Waals surface area contributed by atoms with Crippen molar-refractivity contribution in [3.8, 4) is 0 Å². The zero-order valence-electron chi connectivity index (χ0n) is 10.9. The molecule has 1 heteroatoms. The van der Waals surface area contributed by atoms with Gasteiger partial charge < -0.3 is 0 Å². The molecule has 0 amide bonds. The van der Waals surface area contributed by atoms with Gasteiger partial charge >= 0.3 is 0 Å². The lowest BCUT2D eigenvalue weighted by Gasteiger charge is -2.25. The molecule has 90 valence electrons. The van der Waals surface area contributed by atoms with Gasteiger partial charge in [0.15, 0.2) is 0 Å². The van der Waals surface area contributed by atoms with Gasteiger partial charge in [-0.05, 0) is 35.4 Å². The van der Waals surface area contributed by atoms with Crippen molar-refractivity contribution < 1.29 is 0 Å². The van der Waals surface area contributed by atoms with Crippen LogP contribution in [-0.2, 0) is 5.41 Å². The van der Waals surface area contributed by atoms with Crippen LogP contribution in [0.2, 0.25) is 5.02 Å². The van der Waals surface area contributed by atoms with Crippen LogP contribution in [0.4, 0.5) is 0 Å². The van der Waals surface area contributed by atoms with E-state index in [1.807, 2.05) is 12.1 Å². The molecule has 0 nitrogen and oxygen atoms in total. The molecule has 0 heterocycles. The smallest absolute Gasteiger partial charge is 0.0406 e. The van der Waals surface area contributed by atoms with E-state index in [1.165, 1.54) is 24.8 Å². The maximum Gasteiger partial charge on any atom is 0.0406 e. The number of benzene rings is 1. The molecule has 1 aromatic rings. The van der Waals surface area contributed by atoms with Gasteiger partial charge in [-0.15, -0.1) is 0 Å². The van der Waals surface area contributed by atoms with E-state index < -0.39 is 0 Å². The summed E-state index contributed by atoms with van der Waals surface area (Å²) >= 11 is 5.91. The van der Waals surface area contributed by atoms with E-state index in [0.29, 0.717) is 0 Å². The molecule has 0 N–H and O–H groups in total. The molecule has 0 aliphatic heterocycles. The van der Waals surface area contributed by atoms with Gasteiger partial charge in [-0.2, -0.15) is 0 Å². The van der Waals surface area contributed by atoms with Crippen molar-refractivity contribution in [2.75, 3.05) is 0 Å². The average Bonchev–Trinajstić information content (AvgIpc) is 2.17. The number of rotatable bonds is 5. The molecule has 1 aromatic carbocycles. The zero-order valence-corrected chi connectivity index (χ0v) is 11.6. The fraction of sp³-hybridized carbons (Fsp3) is 0.600. The minimum absolute atomic E-state index is 0.263. The second kappa shape index (κ2) is 5.72. The van der Waals surface area contributed by atoms with Crippen molar-refractivity contribution in [1.82, 2.24) is 0 Å². The van der Waals surface area contributed by atoms with Crippen LogP contribution in [0, 0.1) is 5.92 Å². The molecule has 0 aromatic heterocycles. The summed E-state index contributed by atoms with van der Waals surface area (Å²) in [5.41, 5.74) is 1.65. The molecule has 0 unspecified atom stereocenters. The highest BCUT2D eigenvalue weighted by Crippen LogP contribution is 2.30. The third-order valence-corrected chi connectivity index (χ3v) is 3.46. The topological polar surface area (TPSA) is 0 Å². The Morgan fingerprint density at radius 3 is 2.19 bits per heavy atom. The van der Waals surface area contributed by atoms with Gasteiger partial charge in [-0.1, -0.05) is 64.3 Å². The van der Waals surface area contributed by atoms with E-state index >= 15 is 0 Å². The van der Waals surface area contributed by atoms with E-state index in [4.69, 9.17) is 11.6 Å². The van der Waals surface area contributed by atoms with Gasteiger partial charge in [0, 0.05) is 5.02 Å². The second-order valence-electron chi connectivity index (χ2n) is 5.68. The summed E-state index contributed by atoms with van der Waals surface area (Å²) in [6, 6.07) is 8.28. The van der Waals surface area contributed by atoms with E-state index in [2.05, 4.69) is 39.8 Å². The van der Waals surface area contributed by atoms with Crippen molar-refractivity contribution in [2.24, 2.45) is 5.92 Å². The van der Waals surface area contributed by atoms with Gasteiger partial charge in [0.05, 0.1) is 0 Å². The Morgan fingerprint density at radius 1 is 1.12 bits per heavy atom. The Labute approximate surface area is 105 Å². The highest BCUT2D eigenvalue weighted by molar-refractivity contribution is 6.30. The predicted molar refractivity (Wildman–Crippen MR) is 73.2 cm³/mol. The molecular weight excluding hydrogens is 216 g/mol. The predicted octanol–water partition coefficient (Wildman–Crippen LogP) is 5.44. The van der Waals surface area contributed by atoms with Crippen LogP contribution in [0.1, 0.15) is 52.5 Å². The molecule has 0 bridgehead atoms. The summed E-state index contributed by atoms with van der Waals surface area (Å²) in [6.45, 7) is 9.21. The summed E-state index contributed by atoms with van der Waals surface area (Å²) in [6.07, 6.45) is 3.86. The minimum atomic E-state index is 0.263. The second-order valence-corrected chi connectivity index (χ2v) is 6.11. The van der Waals surface area contributed by atoms with Gasteiger partial charge in [-0.3, -0.25) is 0 Å². The van der Waals surface area contributed by atoms with Crippen LogP contribution in [0.25, 0.3) is 0 Å². The lowest BCUT2D eigenvalue weighted by molar-refractivity contribution is 0.424. The molecule has 0 aliphatic carbocycles. The Hall–Kier alpha value is -0.490. The highest BCUT2D eigenvalue weighted by Gasteiger charge is 2.19. The Bertz CT molecular complexity index is 309. The Balaban J connectivity index is 2.59. The minimum Gasteiger partial charge on any atom is -0.0843 e. The Morgan fingerprint density at radius 2 is 1.69 bits per heavy atom. The average molecular weight is 239 g/mol. The van der Waals surface area contributed by atoms with Gasteiger partial charge in [-0.25, -0.2) is 0 Å². The molecule has 16 heavy (non-hydrogen) atoms. The lowest BCUT2D eigenvalue weighted by Crippen LogP contribution is -2.17. The maximum absolute atomic E-state index is 5.91. The van der Waals surface area contributed by atoms with Gasteiger partial charge in [0.2, 0.25) is 0 Å². The molecule has 0 saturated heterocycles. The quantitative estimate of drug-likeness (QED) is 0.641. The largest absolute Gasteiger partial charge is 0.0843 e. The van der Waals surface area contributed by atoms with Crippen LogP contribution in [0.5, 0.6) is 0 Å². The van der Waals surface area contributed by atoms with Crippen LogP contribution < -0.4 is 0 Å². The third-order valence-electron chi connectivity index (χ3n) is 3.21. The summed E-state index contributed by atoms with van der Waals surface area (Å²) in [5, 5.41) is 0.821.